The summed E-state index contributed by atoms with van der Waals surface area (Å²) in [6.07, 6.45) is 0. The summed E-state index contributed by atoms with van der Waals surface area (Å²) < 4.78 is 10.3. The second kappa shape index (κ2) is 7.38. The minimum atomic E-state index is -0.252. The Labute approximate surface area is 138 Å². The fraction of sp³-hybridized carbons (Fsp3) is 0.188. The van der Waals surface area contributed by atoms with E-state index in [1.807, 2.05) is 12.1 Å². The van der Waals surface area contributed by atoms with E-state index >= 15 is 0 Å². The van der Waals surface area contributed by atoms with Crippen LogP contribution in [-0.4, -0.2) is 20.1 Å². The van der Waals surface area contributed by atoms with Gasteiger partial charge in [0.2, 0.25) is 0 Å². The van der Waals surface area contributed by atoms with E-state index in [0.29, 0.717) is 33.7 Å². The molecule has 4 nitrogen and oxygen atoms in total. The molecule has 0 radical (unpaired) electrons. The van der Waals surface area contributed by atoms with Gasteiger partial charge in [0, 0.05) is 17.1 Å². The monoisotopic (exact) mass is 339 g/mol. The Kier molecular flexibility index (Phi) is 5.52. The molecular weight excluding hydrogens is 325 g/mol. The lowest BCUT2D eigenvalue weighted by Gasteiger charge is -2.12. The van der Waals surface area contributed by atoms with E-state index in [1.165, 1.54) is 14.2 Å². The van der Waals surface area contributed by atoms with E-state index in [2.05, 4.69) is 5.32 Å². The predicted molar refractivity (Wildman–Crippen MR) is 87.2 cm³/mol. The van der Waals surface area contributed by atoms with Crippen molar-refractivity contribution in [3.63, 3.8) is 0 Å². The molecule has 0 bridgehead atoms. The molecule has 2 aromatic carbocycles. The molecule has 2 aromatic rings. The Balaban J connectivity index is 2.12. The van der Waals surface area contributed by atoms with Crippen LogP contribution >= 0.6 is 23.2 Å². The highest BCUT2D eigenvalue weighted by Gasteiger charge is 2.15. The van der Waals surface area contributed by atoms with Crippen molar-refractivity contribution in [3.8, 4) is 11.5 Å². The molecule has 0 aliphatic heterocycles. The van der Waals surface area contributed by atoms with E-state index in [-0.39, 0.29) is 5.91 Å². The van der Waals surface area contributed by atoms with Crippen LogP contribution in [0, 0.1) is 0 Å². The van der Waals surface area contributed by atoms with Gasteiger partial charge in [0.25, 0.3) is 5.91 Å². The number of carbonyl (C=O) groups excluding carboxylic acids is 1. The fourth-order valence-corrected chi connectivity index (χ4v) is 2.35. The largest absolute Gasteiger partial charge is 0.493 e. The molecule has 0 heterocycles. The molecule has 0 saturated carbocycles. The SMILES string of the molecule is COc1cc(C(=O)NCc2ccc(Cl)cc2)cc(Cl)c1OC. The van der Waals surface area contributed by atoms with Gasteiger partial charge in [-0.15, -0.1) is 0 Å². The summed E-state index contributed by atoms with van der Waals surface area (Å²) in [6.45, 7) is 0.391. The maximum absolute atomic E-state index is 12.2. The lowest BCUT2D eigenvalue weighted by atomic mass is 10.1. The molecule has 22 heavy (non-hydrogen) atoms. The van der Waals surface area contributed by atoms with Crippen LogP contribution in [0.4, 0.5) is 0 Å². The summed E-state index contributed by atoms with van der Waals surface area (Å²) in [7, 11) is 2.98. The Bertz CT molecular complexity index is 672. The molecule has 0 fully saturated rings. The zero-order chi connectivity index (χ0) is 16.1. The van der Waals surface area contributed by atoms with Gasteiger partial charge in [-0.1, -0.05) is 35.3 Å². The van der Waals surface area contributed by atoms with E-state index in [0.717, 1.165) is 5.56 Å². The lowest BCUT2D eigenvalue weighted by Crippen LogP contribution is -2.22. The number of methoxy groups -OCH3 is 2. The molecule has 6 heteroatoms. The Morgan fingerprint density at radius 3 is 2.36 bits per heavy atom. The highest BCUT2D eigenvalue weighted by Crippen LogP contribution is 2.35. The van der Waals surface area contributed by atoms with Crippen molar-refractivity contribution in [2.45, 2.75) is 6.54 Å². The molecule has 0 aliphatic rings. The number of rotatable bonds is 5. The number of halogens is 2. The molecular formula is C16H15Cl2NO3. The first-order chi connectivity index (χ1) is 10.5. The van der Waals surface area contributed by atoms with Crippen LogP contribution in [0.2, 0.25) is 10.0 Å². The van der Waals surface area contributed by atoms with E-state index in [4.69, 9.17) is 32.7 Å². The Morgan fingerprint density at radius 1 is 1.09 bits per heavy atom. The molecule has 116 valence electrons. The predicted octanol–water partition coefficient (Wildman–Crippen LogP) is 3.94. The molecule has 2 rings (SSSR count). The van der Waals surface area contributed by atoms with Crippen molar-refractivity contribution in [2.75, 3.05) is 14.2 Å². The maximum Gasteiger partial charge on any atom is 0.251 e. The summed E-state index contributed by atoms with van der Waals surface area (Å²) in [5.41, 5.74) is 1.35. The Morgan fingerprint density at radius 2 is 1.77 bits per heavy atom. The molecule has 0 aliphatic carbocycles. The summed E-state index contributed by atoms with van der Waals surface area (Å²) in [5.74, 6) is 0.558. The smallest absolute Gasteiger partial charge is 0.251 e. The highest BCUT2D eigenvalue weighted by molar-refractivity contribution is 6.32. The normalized spacial score (nSPS) is 10.2. The maximum atomic E-state index is 12.2. The topological polar surface area (TPSA) is 47.6 Å². The second-order valence-electron chi connectivity index (χ2n) is 4.50. The van der Waals surface area contributed by atoms with Gasteiger partial charge in [0.1, 0.15) is 0 Å². The van der Waals surface area contributed by atoms with Crippen LogP contribution in [-0.2, 0) is 6.54 Å². The number of nitrogens with one attached hydrogen (secondary N) is 1. The zero-order valence-corrected chi connectivity index (χ0v) is 13.7. The molecule has 1 N–H and O–H groups in total. The number of hydrogen-bond donors (Lipinski definition) is 1. The highest BCUT2D eigenvalue weighted by atomic mass is 35.5. The van der Waals surface area contributed by atoms with Crippen LogP contribution in [0.5, 0.6) is 11.5 Å². The van der Waals surface area contributed by atoms with Gasteiger partial charge < -0.3 is 14.8 Å². The van der Waals surface area contributed by atoms with Crippen LogP contribution in [0.15, 0.2) is 36.4 Å². The third-order valence-electron chi connectivity index (χ3n) is 3.06. The van der Waals surface area contributed by atoms with E-state index < -0.39 is 0 Å². The third kappa shape index (κ3) is 3.84. The summed E-state index contributed by atoms with van der Waals surface area (Å²) in [5, 5.41) is 3.79. The number of amides is 1. The van der Waals surface area contributed by atoms with Gasteiger partial charge in [0.05, 0.1) is 19.2 Å². The van der Waals surface area contributed by atoms with Crippen molar-refractivity contribution in [2.24, 2.45) is 0 Å². The average Bonchev–Trinajstić information content (AvgIpc) is 2.53. The van der Waals surface area contributed by atoms with Gasteiger partial charge in [0.15, 0.2) is 11.5 Å². The van der Waals surface area contributed by atoms with Gasteiger partial charge in [-0.25, -0.2) is 0 Å². The van der Waals surface area contributed by atoms with Crippen LogP contribution in [0.1, 0.15) is 15.9 Å². The van der Waals surface area contributed by atoms with Crippen LogP contribution < -0.4 is 14.8 Å². The summed E-state index contributed by atoms with van der Waals surface area (Å²) in [6, 6.07) is 10.4. The average molecular weight is 340 g/mol. The third-order valence-corrected chi connectivity index (χ3v) is 3.59. The molecule has 0 saturated heterocycles. The van der Waals surface area contributed by atoms with Gasteiger partial charge in [-0.3, -0.25) is 4.79 Å². The van der Waals surface area contributed by atoms with Crippen molar-refractivity contribution in [3.05, 3.63) is 57.6 Å². The van der Waals surface area contributed by atoms with Gasteiger partial charge >= 0.3 is 0 Å². The fourth-order valence-electron chi connectivity index (χ4n) is 1.94. The number of ether oxygens (including phenoxy) is 2. The van der Waals surface area contributed by atoms with Crippen molar-refractivity contribution in [1.29, 1.82) is 0 Å². The minimum Gasteiger partial charge on any atom is -0.493 e. The van der Waals surface area contributed by atoms with Crippen molar-refractivity contribution >= 4 is 29.1 Å². The first kappa shape index (κ1) is 16.5. The molecule has 1 amide bonds. The number of benzene rings is 2. The van der Waals surface area contributed by atoms with E-state index in [9.17, 15) is 4.79 Å². The lowest BCUT2D eigenvalue weighted by molar-refractivity contribution is 0.0950. The van der Waals surface area contributed by atoms with Gasteiger partial charge in [-0.05, 0) is 29.8 Å². The molecule has 0 spiro atoms. The first-order valence-electron chi connectivity index (χ1n) is 6.49. The minimum absolute atomic E-state index is 0.252. The Hall–Kier alpha value is -1.91. The quantitative estimate of drug-likeness (QED) is 0.897. The van der Waals surface area contributed by atoms with Crippen LogP contribution in [0.3, 0.4) is 0 Å². The summed E-state index contributed by atoms with van der Waals surface area (Å²) >= 11 is 11.9. The number of carbonyl (C=O) groups is 1. The van der Waals surface area contributed by atoms with E-state index in [1.54, 1.807) is 24.3 Å². The second-order valence-corrected chi connectivity index (χ2v) is 5.35. The number of hydrogen-bond acceptors (Lipinski definition) is 3. The molecule has 0 atom stereocenters. The first-order valence-corrected chi connectivity index (χ1v) is 7.25. The molecule has 0 aromatic heterocycles. The summed E-state index contributed by atoms with van der Waals surface area (Å²) in [4.78, 5) is 12.2. The van der Waals surface area contributed by atoms with Crippen molar-refractivity contribution in [1.82, 2.24) is 5.32 Å². The standard InChI is InChI=1S/C16H15Cl2NO3/c1-21-14-8-11(7-13(18)15(14)22-2)16(20)19-9-10-3-5-12(17)6-4-10/h3-8H,9H2,1-2H3,(H,19,20). The van der Waals surface area contributed by atoms with Gasteiger partial charge in [-0.2, -0.15) is 0 Å². The van der Waals surface area contributed by atoms with Crippen LogP contribution in [0.25, 0.3) is 0 Å². The zero-order valence-electron chi connectivity index (χ0n) is 12.2. The molecule has 0 unspecified atom stereocenters. The van der Waals surface area contributed by atoms with Crippen molar-refractivity contribution < 1.29 is 14.3 Å².